The number of benzene rings is 2. The van der Waals surface area contributed by atoms with Gasteiger partial charge in [-0.2, -0.15) is 0 Å². The van der Waals surface area contributed by atoms with Crippen LogP contribution in [0.15, 0.2) is 77.5 Å². The molecule has 1 N–H and O–H groups in total. The molecule has 0 bridgehead atoms. The van der Waals surface area contributed by atoms with E-state index in [1.165, 1.54) is 11.3 Å². The summed E-state index contributed by atoms with van der Waals surface area (Å²) in [5.41, 5.74) is 3.85. The zero-order chi connectivity index (χ0) is 21.9. The van der Waals surface area contributed by atoms with E-state index in [1.807, 2.05) is 84.4 Å². The van der Waals surface area contributed by atoms with Gasteiger partial charge in [-0.3, -0.25) is 10.1 Å². The minimum atomic E-state index is -0.206. The minimum absolute atomic E-state index is 0.206. The third kappa shape index (κ3) is 4.12. The van der Waals surface area contributed by atoms with Crippen LogP contribution in [0.25, 0.3) is 32.7 Å². The number of thiophene rings is 1. The van der Waals surface area contributed by atoms with E-state index in [2.05, 4.69) is 10.3 Å². The third-order valence-electron chi connectivity index (χ3n) is 4.92. The van der Waals surface area contributed by atoms with Crippen LogP contribution < -0.4 is 10.1 Å². The second-order valence-corrected chi connectivity index (χ2v) is 8.80. The molecule has 5 aromatic rings. The zero-order valence-corrected chi connectivity index (χ0v) is 18.9. The Hall–Kier alpha value is -3.55. The van der Waals surface area contributed by atoms with Gasteiger partial charge in [-0.1, -0.05) is 24.3 Å². The SMILES string of the molecule is CCOc1ccc(-c2cc(C(=O)Nc3nc(-c4cccs4)cs3)c3ccccc3n2)cc1. The fourth-order valence-corrected chi connectivity index (χ4v) is 4.90. The molecule has 0 atom stereocenters. The Morgan fingerprint density at radius 2 is 1.81 bits per heavy atom. The third-order valence-corrected chi connectivity index (χ3v) is 6.57. The van der Waals surface area contributed by atoms with Gasteiger partial charge in [-0.15, -0.1) is 22.7 Å². The molecule has 0 spiro atoms. The van der Waals surface area contributed by atoms with Crippen molar-refractivity contribution in [2.45, 2.75) is 6.92 Å². The van der Waals surface area contributed by atoms with E-state index in [-0.39, 0.29) is 5.91 Å². The highest BCUT2D eigenvalue weighted by molar-refractivity contribution is 7.16. The van der Waals surface area contributed by atoms with Crippen LogP contribution in [-0.2, 0) is 0 Å². The number of hydrogen-bond donors (Lipinski definition) is 1. The topological polar surface area (TPSA) is 64.1 Å². The number of carbonyl (C=O) groups excluding carboxylic acids is 1. The average molecular weight is 458 g/mol. The van der Waals surface area contributed by atoms with E-state index in [1.54, 1.807) is 11.3 Å². The van der Waals surface area contributed by atoms with Gasteiger partial charge in [0.15, 0.2) is 5.13 Å². The summed E-state index contributed by atoms with van der Waals surface area (Å²) >= 11 is 3.04. The van der Waals surface area contributed by atoms with Crippen molar-refractivity contribution in [3.63, 3.8) is 0 Å². The van der Waals surface area contributed by atoms with E-state index >= 15 is 0 Å². The number of thiazole rings is 1. The van der Waals surface area contributed by atoms with Gasteiger partial charge in [-0.25, -0.2) is 9.97 Å². The smallest absolute Gasteiger partial charge is 0.258 e. The summed E-state index contributed by atoms with van der Waals surface area (Å²) in [6.07, 6.45) is 0. The molecular weight excluding hydrogens is 438 g/mol. The highest BCUT2D eigenvalue weighted by Crippen LogP contribution is 2.30. The first-order valence-electron chi connectivity index (χ1n) is 10.1. The molecule has 7 heteroatoms. The lowest BCUT2D eigenvalue weighted by Gasteiger charge is -2.10. The lowest BCUT2D eigenvalue weighted by atomic mass is 10.0. The van der Waals surface area contributed by atoms with Crippen molar-refractivity contribution in [1.29, 1.82) is 0 Å². The van der Waals surface area contributed by atoms with E-state index in [4.69, 9.17) is 9.72 Å². The number of ether oxygens (including phenoxy) is 1. The van der Waals surface area contributed by atoms with Crippen LogP contribution in [0.2, 0.25) is 0 Å². The van der Waals surface area contributed by atoms with E-state index in [0.29, 0.717) is 17.3 Å². The Labute approximate surface area is 193 Å². The van der Waals surface area contributed by atoms with Crippen molar-refractivity contribution in [1.82, 2.24) is 9.97 Å². The van der Waals surface area contributed by atoms with Crippen molar-refractivity contribution in [3.8, 4) is 27.6 Å². The van der Waals surface area contributed by atoms with Gasteiger partial charge in [0.25, 0.3) is 5.91 Å². The largest absolute Gasteiger partial charge is 0.494 e. The number of para-hydroxylation sites is 1. The molecule has 5 rings (SSSR count). The van der Waals surface area contributed by atoms with Crippen molar-refractivity contribution >= 4 is 44.6 Å². The number of aromatic nitrogens is 2. The monoisotopic (exact) mass is 457 g/mol. The summed E-state index contributed by atoms with van der Waals surface area (Å²) in [6, 6.07) is 21.3. The molecular formula is C25H19N3O2S2. The molecule has 1 amide bonds. The number of pyridine rings is 1. The Morgan fingerprint density at radius 3 is 2.59 bits per heavy atom. The molecule has 32 heavy (non-hydrogen) atoms. The standard InChI is InChI=1S/C25H19N3O2S2/c1-2-30-17-11-9-16(10-12-17)21-14-19(18-6-3-4-7-20(18)26-21)24(29)28-25-27-22(15-32-25)23-8-5-13-31-23/h3-15H,2H2,1H3,(H,27,28,29). The molecule has 3 aromatic heterocycles. The van der Waals surface area contributed by atoms with E-state index in [0.717, 1.165) is 38.5 Å². The van der Waals surface area contributed by atoms with E-state index < -0.39 is 0 Å². The zero-order valence-electron chi connectivity index (χ0n) is 17.2. The van der Waals surface area contributed by atoms with Gasteiger partial charge < -0.3 is 4.74 Å². The molecule has 0 radical (unpaired) electrons. The molecule has 0 aliphatic carbocycles. The molecule has 3 heterocycles. The molecule has 0 aliphatic heterocycles. The first-order chi connectivity index (χ1) is 15.7. The summed E-state index contributed by atoms with van der Waals surface area (Å²) in [5.74, 6) is 0.600. The van der Waals surface area contributed by atoms with Gasteiger partial charge in [0, 0.05) is 16.3 Å². The second kappa shape index (κ2) is 8.90. The number of hydrogen-bond acceptors (Lipinski definition) is 6. The normalized spacial score (nSPS) is 10.9. The van der Waals surface area contributed by atoms with Gasteiger partial charge in [0.2, 0.25) is 0 Å². The number of anilines is 1. The number of fused-ring (bicyclic) bond motifs is 1. The van der Waals surface area contributed by atoms with Crippen molar-refractivity contribution in [3.05, 3.63) is 83.1 Å². The molecule has 0 fully saturated rings. The molecule has 0 saturated heterocycles. The fraction of sp³-hybridized carbons (Fsp3) is 0.0800. The van der Waals surface area contributed by atoms with Crippen molar-refractivity contribution in [2.24, 2.45) is 0 Å². The van der Waals surface area contributed by atoms with Gasteiger partial charge in [0.05, 0.1) is 34.0 Å². The number of nitrogens with zero attached hydrogens (tertiary/aromatic N) is 2. The Balaban J connectivity index is 1.49. The summed E-state index contributed by atoms with van der Waals surface area (Å²) in [4.78, 5) is 23.7. The predicted octanol–water partition coefficient (Wildman–Crippen LogP) is 6.74. The maximum Gasteiger partial charge on any atom is 0.258 e. The summed E-state index contributed by atoms with van der Waals surface area (Å²) in [5, 5.41) is 8.30. The summed E-state index contributed by atoms with van der Waals surface area (Å²) < 4.78 is 5.53. The molecule has 158 valence electrons. The predicted molar refractivity (Wildman–Crippen MR) is 132 cm³/mol. The summed E-state index contributed by atoms with van der Waals surface area (Å²) in [7, 11) is 0. The Kier molecular flexibility index (Phi) is 5.66. The lowest BCUT2D eigenvalue weighted by Crippen LogP contribution is -2.13. The molecule has 0 saturated carbocycles. The minimum Gasteiger partial charge on any atom is -0.494 e. The van der Waals surface area contributed by atoms with Crippen LogP contribution in [0.4, 0.5) is 5.13 Å². The number of amides is 1. The first-order valence-corrected chi connectivity index (χ1v) is 11.9. The van der Waals surface area contributed by atoms with Crippen molar-refractivity contribution in [2.75, 3.05) is 11.9 Å². The average Bonchev–Trinajstić information content (AvgIpc) is 3.51. The van der Waals surface area contributed by atoms with Crippen LogP contribution in [0.5, 0.6) is 5.75 Å². The highest BCUT2D eigenvalue weighted by atomic mass is 32.1. The van der Waals surface area contributed by atoms with Gasteiger partial charge >= 0.3 is 0 Å². The van der Waals surface area contributed by atoms with Gasteiger partial charge in [0.1, 0.15) is 5.75 Å². The lowest BCUT2D eigenvalue weighted by molar-refractivity contribution is 0.102. The molecule has 0 unspecified atom stereocenters. The van der Waals surface area contributed by atoms with Gasteiger partial charge in [-0.05, 0) is 54.8 Å². The van der Waals surface area contributed by atoms with Crippen molar-refractivity contribution < 1.29 is 9.53 Å². The maximum absolute atomic E-state index is 13.3. The summed E-state index contributed by atoms with van der Waals surface area (Å²) in [6.45, 7) is 2.57. The molecule has 2 aromatic carbocycles. The second-order valence-electron chi connectivity index (χ2n) is 7.00. The number of rotatable bonds is 6. The molecule has 5 nitrogen and oxygen atoms in total. The number of carbonyl (C=O) groups is 1. The number of nitrogens with one attached hydrogen (secondary N) is 1. The quantitative estimate of drug-likeness (QED) is 0.307. The Morgan fingerprint density at radius 1 is 0.969 bits per heavy atom. The van der Waals surface area contributed by atoms with Crippen LogP contribution in [-0.4, -0.2) is 22.5 Å². The van der Waals surface area contributed by atoms with Crippen LogP contribution in [0.1, 0.15) is 17.3 Å². The fourth-order valence-electron chi connectivity index (χ4n) is 3.43. The van der Waals surface area contributed by atoms with Crippen LogP contribution in [0.3, 0.4) is 0 Å². The first kappa shape index (κ1) is 20.4. The highest BCUT2D eigenvalue weighted by Gasteiger charge is 2.16. The maximum atomic E-state index is 13.3. The van der Waals surface area contributed by atoms with Crippen LogP contribution >= 0.6 is 22.7 Å². The van der Waals surface area contributed by atoms with Crippen LogP contribution in [0, 0.1) is 0 Å². The van der Waals surface area contributed by atoms with E-state index in [9.17, 15) is 4.79 Å². The molecule has 0 aliphatic rings. The Bertz CT molecular complexity index is 1380.